The lowest BCUT2D eigenvalue weighted by molar-refractivity contribution is -0.138. The van der Waals surface area contributed by atoms with Gasteiger partial charge in [0.25, 0.3) is 0 Å². The van der Waals surface area contributed by atoms with E-state index in [1.807, 2.05) is 0 Å². The van der Waals surface area contributed by atoms with Crippen LogP contribution in [0.25, 0.3) is 0 Å². The molecular weight excluding hydrogens is 146 g/mol. The Bertz CT molecular complexity index is 111. The maximum Gasteiger partial charge on any atom is 0.305 e. The van der Waals surface area contributed by atoms with Crippen LogP contribution in [0, 0.1) is 12.8 Å². The second-order valence-corrected chi connectivity index (χ2v) is 1.54. The lowest BCUT2D eigenvalue weighted by atomic mass is 10.5. The second-order valence-electron chi connectivity index (χ2n) is 1.54. The molecule has 0 rings (SSSR count). The number of nitrogens with two attached hydrogens (primary N) is 1. The molecule has 0 aromatic rings. The maximum absolute atomic E-state index is 9.85. The van der Waals surface area contributed by atoms with Gasteiger partial charge >= 0.3 is 5.97 Å². The molecule has 0 heterocycles. The first kappa shape index (κ1) is 12.6. The molecule has 4 heteroatoms. The van der Waals surface area contributed by atoms with Gasteiger partial charge in [-0.05, 0) is 0 Å². The number of aliphatic carboxylic acids is 1. The first-order valence-corrected chi connectivity index (χ1v) is 3.10. The van der Waals surface area contributed by atoms with Gasteiger partial charge in [-0.15, -0.1) is 12.8 Å². The van der Waals surface area contributed by atoms with Gasteiger partial charge in [-0.1, -0.05) is 0 Å². The van der Waals surface area contributed by atoms with Gasteiger partial charge in [-0.25, -0.2) is 0 Å². The van der Waals surface area contributed by atoms with Gasteiger partial charge in [0, 0.05) is 6.54 Å². The van der Waals surface area contributed by atoms with E-state index < -0.39 is 5.97 Å². The molecule has 0 amide bonds. The molecule has 0 saturated heterocycles. The molecule has 0 bridgehead atoms. The summed E-state index contributed by atoms with van der Waals surface area (Å²) in [5.74, 6) is -0.841. The predicted octanol–water partition coefficient (Wildman–Crippen LogP) is -0.314. The third-order valence-electron chi connectivity index (χ3n) is 0.722. The van der Waals surface area contributed by atoms with E-state index in [2.05, 4.69) is 12.8 Å². The van der Waals surface area contributed by atoms with Crippen LogP contribution in [0.3, 0.4) is 0 Å². The van der Waals surface area contributed by atoms with Crippen molar-refractivity contribution in [1.82, 2.24) is 0 Å². The van der Waals surface area contributed by atoms with Crippen LogP contribution in [-0.2, 0) is 9.53 Å². The molecule has 0 unspecified atom stereocenters. The fourth-order valence-electron chi connectivity index (χ4n) is 0.345. The zero-order valence-corrected chi connectivity index (χ0v) is 6.32. The Labute approximate surface area is 66.3 Å². The molecule has 0 spiro atoms. The summed E-state index contributed by atoms with van der Waals surface area (Å²) in [5, 5.41) is 8.10. The second kappa shape index (κ2) is 11.7. The van der Waals surface area contributed by atoms with Crippen LogP contribution in [0.15, 0.2) is 0 Å². The summed E-state index contributed by atoms with van der Waals surface area (Å²) in [5.41, 5.74) is 5.07. The summed E-state index contributed by atoms with van der Waals surface area (Å²) in [6.45, 7) is 1.14. The number of ether oxygens (including phenoxy) is 1. The molecule has 0 atom stereocenters. The normalized spacial score (nSPS) is 7.91. The van der Waals surface area contributed by atoms with Crippen molar-refractivity contribution in [3.8, 4) is 12.8 Å². The summed E-state index contributed by atoms with van der Waals surface area (Å²) in [6, 6.07) is 0. The number of hydrogen-bond acceptors (Lipinski definition) is 3. The molecular formula is C7H13NO3. The Hall–Kier alpha value is -1.05. The third-order valence-corrected chi connectivity index (χ3v) is 0.722. The SMILES string of the molecule is C#C.NCCOCCC(=O)O. The van der Waals surface area contributed by atoms with Gasteiger partial charge in [0.1, 0.15) is 0 Å². The molecule has 64 valence electrons. The molecule has 0 aromatic carbocycles. The molecule has 11 heavy (non-hydrogen) atoms. The Morgan fingerprint density at radius 3 is 2.36 bits per heavy atom. The van der Waals surface area contributed by atoms with Crippen molar-refractivity contribution < 1.29 is 14.6 Å². The largest absolute Gasteiger partial charge is 0.481 e. The minimum atomic E-state index is -0.841. The van der Waals surface area contributed by atoms with E-state index in [1.165, 1.54) is 0 Å². The van der Waals surface area contributed by atoms with E-state index in [0.717, 1.165) is 0 Å². The molecule has 0 aliphatic heterocycles. The standard InChI is InChI=1S/C5H11NO3.C2H2/c6-2-4-9-3-1-5(7)8;1-2/h1-4,6H2,(H,7,8);1-2H. The van der Waals surface area contributed by atoms with E-state index >= 15 is 0 Å². The average Bonchev–Trinajstić information content (AvgIpc) is 2.02. The van der Waals surface area contributed by atoms with Crippen molar-refractivity contribution in [3.63, 3.8) is 0 Å². The first-order valence-electron chi connectivity index (χ1n) is 3.10. The minimum absolute atomic E-state index is 0.0556. The zero-order valence-electron chi connectivity index (χ0n) is 6.32. The van der Waals surface area contributed by atoms with Crippen LogP contribution >= 0.6 is 0 Å². The smallest absolute Gasteiger partial charge is 0.305 e. The van der Waals surface area contributed by atoms with Crippen molar-refractivity contribution >= 4 is 5.97 Å². The van der Waals surface area contributed by atoms with Crippen molar-refractivity contribution in [2.75, 3.05) is 19.8 Å². The summed E-state index contributed by atoms with van der Waals surface area (Å²) in [4.78, 5) is 9.85. The molecule has 0 radical (unpaired) electrons. The minimum Gasteiger partial charge on any atom is -0.481 e. The topological polar surface area (TPSA) is 72.5 Å². The highest BCUT2D eigenvalue weighted by Gasteiger charge is 1.93. The number of carboxylic acids is 1. The van der Waals surface area contributed by atoms with E-state index in [0.29, 0.717) is 13.2 Å². The highest BCUT2D eigenvalue weighted by atomic mass is 16.5. The molecule has 4 nitrogen and oxygen atoms in total. The molecule has 0 fully saturated rings. The maximum atomic E-state index is 9.85. The van der Waals surface area contributed by atoms with Gasteiger partial charge < -0.3 is 15.6 Å². The Morgan fingerprint density at radius 2 is 2.00 bits per heavy atom. The predicted molar refractivity (Wildman–Crippen MR) is 42.0 cm³/mol. The molecule has 0 saturated carbocycles. The fraction of sp³-hybridized carbons (Fsp3) is 0.571. The Balaban J connectivity index is 0. The van der Waals surface area contributed by atoms with Gasteiger partial charge in [-0.2, -0.15) is 0 Å². The van der Waals surface area contributed by atoms with Gasteiger partial charge in [0.05, 0.1) is 19.6 Å². The van der Waals surface area contributed by atoms with Crippen LogP contribution in [0.4, 0.5) is 0 Å². The third kappa shape index (κ3) is 17.6. The number of rotatable bonds is 5. The molecule has 0 aromatic heterocycles. The number of carboxylic acid groups (broad SMARTS) is 1. The monoisotopic (exact) mass is 159 g/mol. The summed E-state index contributed by atoms with van der Waals surface area (Å²) >= 11 is 0. The summed E-state index contributed by atoms with van der Waals surface area (Å²) in [6.07, 6.45) is 8.06. The van der Waals surface area contributed by atoms with Gasteiger partial charge in [0.15, 0.2) is 0 Å². The van der Waals surface area contributed by atoms with E-state index in [1.54, 1.807) is 0 Å². The number of hydrogen-bond donors (Lipinski definition) is 2. The van der Waals surface area contributed by atoms with Crippen LogP contribution < -0.4 is 5.73 Å². The number of carbonyl (C=O) groups is 1. The molecule has 3 N–H and O–H groups in total. The van der Waals surface area contributed by atoms with Crippen LogP contribution in [0.2, 0.25) is 0 Å². The van der Waals surface area contributed by atoms with Gasteiger partial charge in [0.2, 0.25) is 0 Å². The Kier molecular flexibility index (Phi) is 13.4. The van der Waals surface area contributed by atoms with E-state index in [9.17, 15) is 4.79 Å². The van der Waals surface area contributed by atoms with Crippen LogP contribution in [0.5, 0.6) is 0 Å². The highest BCUT2D eigenvalue weighted by Crippen LogP contribution is 1.80. The van der Waals surface area contributed by atoms with Crippen molar-refractivity contribution in [3.05, 3.63) is 0 Å². The van der Waals surface area contributed by atoms with Crippen molar-refractivity contribution in [2.24, 2.45) is 5.73 Å². The van der Waals surface area contributed by atoms with Crippen LogP contribution in [0.1, 0.15) is 6.42 Å². The van der Waals surface area contributed by atoms with Crippen molar-refractivity contribution in [1.29, 1.82) is 0 Å². The quantitative estimate of drug-likeness (QED) is 0.426. The molecule has 0 aliphatic rings. The lowest BCUT2D eigenvalue weighted by Gasteiger charge is -1.96. The highest BCUT2D eigenvalue weighted by molar-refractivity contribution is 5.66. The average molecular weight is 159 g/mol. The first-order chi connectivity index (χ1) is 5.27. The van der Waals surface area contributed by atoms with E-state index in [-0.39, 0.29) is 13.0 Å². The van der Waals surface area contributed by atoms with Crippen LogP contribution in [-0.4, -0.2) is 30.8 Å². The van der Waals surface area contributed by atoms with Gasteiger partial charge in [-0.3, -0.25) is 4.79 Å². The zero-order chi connectivity index (χ0) is 9.11. The number of terminal acetylenes is 1. The van der Waals surface area contributed by atoms with E-state index in [4.69, 9.17) is 15.6 Å². The Morgan fingerprint density at radius 1 is 1.45 bits per heavy atom. The van der Waals surface area contributed by atoms with Crippen molar-refractivity contribution in [2.45, 2.75) is 6.42 Å². The summed E-state index contributed by atoms with van der Waals surface area (Å²) < 4.78 is 4.79. The molecule has 0 aliphatic carbocycles. The summed E-state index contributed by atoms with van der Waals surface area (Å²) in [7, 11) is 0. The lowest BCUT2D eigenvalue weighted by Crippen LogP contribution is -2.10. The fourth-order valence-corrected chi connectivity index (χ4v) is 0.345.